The van der Waals surface area contributed by atoms with Crippen LogP contribution in [-0.2, 0) is 11.2 Å². The molecule has 18 heavy (non-hydrogen) atoms. The molecular formula is C14H18FNO2. The van der Waals surface area contributed by atoms with E-state index in [-0.39, 0.29) is 5.82 Å². The van der Waals surface area contributed by atoms with Crippen molar-refractivity contribution in [2.45, 2.75) is 26.2 Å². The van der Waals surface area contributed by atoms with Gasteiger partial charge in [0.25, 0.3) is 0 Å². The van der Waals surface area contributed by atoms with Crippen LogP contribution >= 0.6 is 0 Å². The molecule has 1 saturated heterocycles. The molecule has 0 aliphatic carbocycles. The first-order valence-corrected chi connectivity index (χ1v) is 6.34. The Morgan fingerprint density at radius 3 is 2.72 bits per heavy atom. The van der Waals surface area contributed by atoms with E-state index in [0.29, 0.717) is 6.42 Å². The fourth-order valence-electron chi connectivity index (χ4n) is 2.38. The van der Waals surface area contributed by atoms with E-state index < -0.39 is 11.9 Å². The van der Waals surface area contributed by atoms with Crippen LogP contribution in [-0.4, -0.2) is 24.2 Å². The first kappa shape index (κ1) is 12.9. The summed E-state index contributed by atoms with van der Waals surface area (Å²) in [6, 6.07) is 4.64. The van der Waals surface area contributed by atoms with Gasteiger partial charge in [-0.05, 0) is 37.0 Å². The summed E-state index contributed by atoms with van der Waals surface area (Å²) in [5.74, 6) is -1.52. The molecule has 0 amide bonds. The summed E-state index contributed by atoms with van der Waals surface area (Å²) in [4.78, 5) is 13.1. The van der Waals surface area contributed by atoms with Gasteiger partial charge in [-0.25, -0.2) is 4.39 Å². The summed E-state index contributed by atoms with van der Waals surface area (Å²) in [5.41, 5.74) is 1.79. The lowest BCUT2D eigenvalue weighted by molar-refractivity contribution is -0.141. The Labute approximate surface area is 106 Å². The second-order valence-electron chi connectivity index (χ2n) is 4.91. The molecule has 3 nitrogen and oxygen atoms in total. The number of benzene rings is 1. The smallest absolute Gasteiger partial charge is 0.306 e. The van der Waals surface area contributed by atoms with Gasteiger partial charge >= 0.3 is 5.97 Å². The highest BCUT2D eigenvalue weighted by molar-refractivity contribution is 5.70. The van der Waals surface area contributed by atoms with Crippen LogP contribution in [0.4, 0.5) is 10.1 Å². The standard InChI is InChI=1S/C14H18FNO2/c1-10(14(17)18)8-11-4-5-12(15)9-13(11)16-6-2-3-7-16/h4-5,9-10H,2-3,6-8H2,1H3,(H,17,18). The van der Waals surface area contributed by atoms with Crippen LogP contribution in [0.3, 0.4) is 0 Å². The Bertz CT molecular complexity index is 441. The summed E-state index contributed by atoms with van der Waals surface area (Å²) in [6.07, 6.45) is 2.68. The molecule has 4 heteroatoms. The minimum absolute atomic E-state index is 0.261. The van der Waals surface area contributed by atoms with Crippen molar-refractivity contribution in [3.8, 4) is 0 Å². The van der Waals surface area contributed by atoms with Crippen LogP contribution in [0.1, 0.15) is 25.3 Å². The Morgan fingerprint density at radius 2 is 2.11 bits per heavy atom. The summed E-state index contributed by atoms with van der Waals surface area (Å²) in [6.45, 7) is 3.54. The lowest BCUT2D eigenvalue weighted by Crippen LogP contribution is -2.21. The number of carboxylic acid groups (broad SMARTS) is 1. The van der Waals surface area contributed by atoms with E-state index in [1.54, 1.807) is 13.0 Å². The Hall–Kier alpha value is -1.58. The highest BCUT2D eigenvalue weighted by Crippen LogP contribution is 2.27. The molecule has 1 heterocycles. The number of halogens is 1. The SMILES string of the molecule is CC(Cc1ccc(F)cc1N1CCCC1)C(=O)O. The maximum absolute atomic E-state index is 13.4. The van der Waals surface area contributed by atoms with Crippen molar-refractivity contribution in [1.29, 1.82) is 0 Å². The van der Waals surface area contributed by atoms with Crippen LogP contribution in [0.15, 0.2) is 18.2 Å². The molecule has 0 aromatic heterocycles. The van der Waals surface area contributed by atoms with Gasteiger partial charge in [-0.1, -0.05) is 13.0 Å². The number of hydrogen-bond donors (Lipinski definition) is 1. The van der Waals surface area contributed by atoms with Gasteiger partial charge < -0.3 is 10.0 Å². The quantitative estimate of drug-likeness (QED) is 0.894. The zero-order chi connectivity index (χ0) is 13.1. The normalized spacial score (nSPS) is 16.9. The number of nitrogens with zero attached hydrogens (tertiary/aromatic N) is 1. The third-order valence-corrected chi connectivity index (χ3v) is 3.44. The van der Waals surface area contributed by atoms with E-state index in [1.807, 2.05) is 0 Å². The van der Waals surface area contributed by atoms with Crippen molar-refractivity contribution in [2.75, 3.05) is 18.0 Å². The van der Waals surface area contributed by atoms with Crippen molar-refractivity contribution in [3.63, 3.8) is 0 Å². The minimum atomic E-state index is -0.813. The predicted octanol–water partition coefficient (Wildman–Crippen LogP) is 2.69. The monoisotopic (exact) mass is 251 g/mol. The van der Waals surface area contributed by atoms with Crippen molar-refractivity contribution in [2.24, 2.45) is 5.92 Å². The second kappa shape index (κ2) is 5.38. The van der Waals surface area contributed by atoms with E-state index in [9.17, 15) is 9.18 Å². The van der Waals surface area contributed by atoms with E-state index in [2.05, 4.69) is 4.90 Å². The van der Waals surface area contributed by atoms with E-state index in [1.165, 1.54) is 12.1 Å². The zero-order valence-electron chi connectivity index (χ0n) is 10.5. The third kappa shape index (κ3) is 2.81. The van der Waals surface area contributed by atoms with Crippen molar-refractivity contribution < 1.29 is 14.3 Å². The highest BCUT2D eigenvalue weighted by atomic mass is 19.1. The minimum Gasteiger partial charge on any atom is -0.481 e. The van der Waals surface area contributed by atoms with E-state index in [4.69, 9.17) is 5.11 Å². The number of anilines is 1. The summed E-state index contributed by atoms with van der Waals surface area (Å²) < 4.78 is 13.4. The number of rotatable bonds is 4. The highest BCUT2D eigenvalue weighted by Gasteiger charge is 2.19. The predicted molar refractivity (Wildman–Crippen MR) is 68.4 cm³/mol. The molecule has 0 radical (unpaired) electrons. The molecule has 0 saturated carbocycles. The molecule has 0 bridgehead atoms. The van der Waals surface area contributed by atoms with Gasteiger partial charge in [-0.3, -0.25) is 4.79 Å². The van der Waals surface area contributed by atoms with Gasteiger partial charge in [0.05, 0.1) is 5.92 Å². The maximum atomic E-state index is 13.4. The Kier molecular flexibility index (Phi) is 3.84. The largest absolute Gasteiger partial charge is 0.481 e. The number of hydrogen-bond acceptors (Lipinski definition) is 2. The van der Waals surface area contributed by atoms with Gasteiger partial charge in [0, 0.05) is 18.8 Å². The molecule has 1 N–H and O–H groups in total. The first-order chi connectivity index (χ1) is 8.58. The molecule has 1 aliphatic rings. The average molecular weight is 251 g/mol. The van der Waals surface area contributed by atoms with Crippen molar-refractivity contribution in [3.05, 3.63) is 29.6 Å². The number of aliphatic carboxylic acids is 1. The molecule has 1 aliphatic heterocycles. The number of carboxylic acids is 1. The molecule has 1 atom stereocenters. The second-order valence-corrected chi connectivity index (χ2v) is 4.91. The van der Waals surface area contributed by atoms with Gasteiger partial charge in [0.15, 0.2) is 0 Å². The Balaban J connectivity index is 2.25. The lowest BCUT2D eigenvalue weighted by Gasteiger charge is -2.22. The van der Waals surface area contributed by atoms with Gasteiger partial charge in [0.2, 0.25) is 0 Å². The zero-order valence-corrected chi connectivity index (χ0v) is 10.5. The Morgan fingerprint density at radius 1 is 1.44 bits per heavy atom. The summed E-state index contributed by atoms with van der Waals surface area (Å²) in [5, 5.41) is 8.97. The molecular weight excluding hydrogens is 233 g/mol. The molecule has 1 fully saturated rings. The van der Waals surface area contributed by atoms with E-state index >= 15 is 0 Å². The molecule has 0 spiro atoms. The van der Waals surface area contributed by atoms with Crippen LogP contribution < -0.4 is 4.90 Å². The average Bonchev–Trinajstić information content (AvgIpc) is 2.84. The topological polar surface area (TPSA) is 40.5 Å². The van der Waals surface area contributed by atoms with Crippen LogP contribution in [0.2, 0.25) is 0 Å². The third-order valence-electron chi connectivity index (χ3n) is 3.44. The molecule has 1 aromatic rings. The molecule has 98 valence electrons. The first-order valence-electron chi connectivity index (χ1n) is 6.34. The van der Waals surface area contributed by atoms with Crippen molar-refractivity contribution >= 4 is 11.7 Å². The number of carbonyl (C=O) groups is 1. The molecule has 1 aromatic carbocycles. The van der Waals surface area contributed by atoms with Gasteiger partial charge in [-0.15, -0.1) is 0 Å². The van der Waals surface area contributed by atoms with Gasteiger partial charge in [0.1, 0.15) is 5.82 Å². The summed E-state index contributed by atoms with van der Waals surface area (Å²) >= 11 is 0. The lowest BCUT2D eigenvalue weighted by atomic mass is 9.99. The maximum Gasteiger partial charge on any atom is 0.306 e. The summed E-state index contributed by atoms with van der Waals surface area (Å²) in [7, 11) is 0. The fourth-order valence-corrected chi connectivity index (χ4v) is 2.38. The molecule has 1 unspecified atom stereocenters. The van der Waals surface area contributed by atoms with Crippen molar-refractivity contribution in [1.82, 2.24) is 0 Å². The van der Waals surface area contributed by atoms with Gasteiger partial charge in [-0.2, -0.15) is 0 Å². The molecule has 2 rings (SSSR count). The fraction of sp³-hybridized carbons (Fsp3) is 0.500. The van der Waals surface area contributed by atoms with Crippen LogP contribution in [0.5, 0.6) is 0 Å². The van der Waals surface area contributed by atoms with Crippen LogP contribution in [0, 0.1) is 11.7 Å². The van der Waals surface area contributed by atoms with Crippen LogP contribution in [0.25, 0.3) is 0 Å². The van der Waals surface area contributed by atoms with E-state index in [0.717, 1.165) is 37.2 Å².